The molecule has 1 fully saturated rings. The van der Waals surface area contributed by atoms with Gasteiger partial charge in [-0.3, -0.25) is 9.69 Å². The number of carboxylic acid groups (broad SMARTS) is 1. The second-order valence-electron chi connectivity index (χ2n) is 6.44. The van der Waals surface area contributed by atoms with Gasteiger partial charge in [-0.15, -0.1) is 0 Å². The molecule has 1 saturated carbocycles. The molecule has 0 aromatic heterocycles. The zero-order valence-corrected chi connectivity index (χ0v) is 12.0. The third kappa shape index (κ3) is 4.06. The molecule has 0 unspecified atom stereocenters. The Morgan fingerprint density at radius 3 is 2.58 bits per heavy atom. The first-order valence-corrected chi connectivity index (χ1v) is 6.92. The quantitative estimate of drug-likeness (QED) is 0.884. The normalized spacial score (nSPS) is 15.8. The fraction of sp³-hybridized carbons (Fsp3) is 0.562. The first kappa shape index (κ1) is 14.1. The summed E-state index contributed by atoms with van der Waals surface area (Å²) in [5.74, 6) is -0.0317. The van der Waals surface area contributed by atoms with Crippen LogP contribution in [-0.2, 0) is 11.3 Å². The van der Waals surface area contributed by atoms with Crippen molar-refractivity contribution in [3.8, 4) is 0 Å². The van der Waals surface area contributed by atoms with E-state index < -0.39 is 5.97 Å². The van der Waals surface area contributed by atoms with Crippen molar-refractivity contribution >= 4 is 5.97 Å². The molecule has 1 aromatic rings. The number of carboxylic acids is 1. The van der Waals surface area contributed by atoms with E-state index in [1.807, 2.05) is 4.90 Å². The lowest BCUT2D eigenvalue weighted by Gasteiger charge is -2.34. The van der Waals surface area contributed by atoms with E-state index in [0.717, 1.165) is 5.92 Å². The molecule has 0 heterocycles. The Labute approximate surface area is 115 Å². The first-order valence-electron chi connectivity index (χ1n) is 6.92. The van der Waals surface area contributed by atoms with E-state index >= 15 is 0 Å². The van der Waals surface area contributed by atoms with Crippen LogP contribution in [0.25, 0.3) is 0 Å². The summed E-state index contributed by atoms with van der Waals surface area (Å²) >= 11 is 0. The maximum Gasteiger partial charge on any atom is 0.317 e. The van der Waals surface area contributed by atoms with Gasteiger partial charge in [-0.2, -0.15) is 0 Å². The Bertz CT molecular complexity index is 458. The molecule has 0 bridgehead atoms. The summed E-state index contributed by atoms with van der Waals surface area (Å²) in [5.41, 5.74) is 2.47. The lowest BCUT2D eigenvalue weighted by molar-refractivity contribution is -0.139. The van der Waals surface area contributed by atoms with Crippen molar-refractivity contribution in [2.24, 2.45) is 0 Å². The molecule has 1 aliphatic carbocycles. The predicted molar refractivity (Wildman–Crippen MR) is 76.2 cm³/mol. The van der Waals surface area contributed by atoms with Crippen LogP contribution in [0.2, 0.25) is 0 Å². The minimum absolute atomic E-state index is 0.0805. The van der Waals surface area contributed by atoms with E-state index in [1.54, 1.807) is 0 Å². The Morgan fingerprint density at radius 1 is 1.37 bits per heavy atom. The smallest absolute Gasteiger partial charge is 0.317 e. The fourth-order valence-electron chi connectivity index (χ4n) is 2.28. The highest BCUT2D eigenvalue weighted by Gasteiger charge is 2.26. The van der Waals surface area contributed by atoms with Crippen LogP contribution in [0.1, 0.15) is 50.7 Å². The van der Waals surface area contributed by atoms with Crippen molar-refractivity contribution in [3.63, 3.8) is 0 Å². The van der Waals surface area contributed by atoms with Gasteiger partial charge in [-0.1, -0.05) is 24.3 Å². The van der Waals surface area contributed by atoms with E-state index in [4.69, 9.17) is 5.11 Å². The van der Waals surface area contributed by atoms with Crippen molar-refractivity contribution in [1.29, 1.82) is 0 Å². The van der Waals surface area contributed by atoms with Gasteiger partial charge in [0.15, 0.2) is 0 Å². The van der Waals surface area contributed by atoms with Crippen molar-refractivity contribution in [2.75, 3.05) is 6.54 Å². The van der Waals surface area contributed by atoms with Gasteiger partial charge < -0.3 is 5.11 Å². The summed E-state index contributed by atoms with van der Waals surface area (Å²) in [6.45, 7) is 6.94. The maximum atomic E-state index is 11.0. The van der Waals surface area contributed by atoms with Crippen LogP contribution in [0.3, 0.4) is 0 Å². The Kier molecular flexibility index (Phi) is 3.95. The average molecular weight is 261 g/mol. The van der Waals surface area contributed by atoms with Gasteiger partial charge in [0.25, 0.3) is 0 Å². The van der Waals surface area contributed by atoms with Crippen LogP contribution < -0.4 is 0 Å². The van der Waals surface area contributed by atoms with Crippen LogP contribution in [0.15, 0.2) is 24.3 Å². The second kappa shape index (κ2) is 5.33. The van der Waals surface area contributed by atoms with Gasteiger partial charge in [0.1, 0.15) is 0 Å². The van der Waals surface area contributed by atoms with Crippen LogP contribution in [0.4, 0.5) is 0 Å². The van der Waals surface area contributed by atoms with Gasteiger partial charge in [0, 0.05) is 12.1 Å². The summed E-state index contributed by atoms with van der Waals surface area (Å²) in [7, 11) is 0. The standard InChI is InChI=1S/C16H23NO2/c1-16(2,3)17(11-15(18)19)10-12-5-4-6-14(9-12)13-7-8-13/h4-6,9,13H,7-8,10-11H2,1-3H3,(H,18,19). The number of hydrogen-bond acceptors (Lipinski definition) is 2. The van der Waals surface area contributed by atoms with Gasteiger partial charge in [-0.25, -0.2) is 0 Å². The molecule has 0 atom stereocenters. The van der Waals surface area contributed by atoms with Gasteiger partial charge in [0.05, 0.1) is 6.54 Å². The predicted octanol–water partition coefficient (Wildman–Crippen LogP) is 3.25. The minimum atomic E-state index is -0.770. The largest absolute Gasteiger partial charge is 0.480 e. The summed E-state index contributed by atoms with van der Waals surface area (Å²) in [5, 5.41) is 9.04. The summed E-state index contributed by atoms with van der Waals surface area (Å²) < 4.78 is 0. The van der Waals surface area contributed by atoms with E-state index in [-0.39, 0.29) is 12.1 Å². The number of hydrogen-bond donors (Lipinski definition) is 1. The number of benzene rings is 1. The van der Waals surface area contributed by atoms with Crippen LogP contribution in [0, 0.1) is 0 Å². The van der Waals surface area contributed by atoms with Crippen LogP contribution >= 0.6 is 0 Å². The van der Waals surface area contributed by atoms with Crippen LogP contribution in [0.5, 0.6) is 0 Å². The maximum absolute atomic E-state index is 11.0. The summed E-state index contributed by atoms with van der Waals surface area (Å²) in [6, 6.07) is 8.59. The molecule has 0 radical (unpaired) electrons. The van der Waals surface area contributed by atoms with Crippen LogP contribution in [-0.4, -0.2) is 28.1 Å². The summed E-state index contributed by atoms with van der Waals surface area (Å²) in [6.07, 6.45) is 2.59. The van der Waals surface area contributed by atoms with Gasteiger partial charge >= 0.3 is 5.97 Å². The Hall–Kier alpha value is -1.35. The number of aliphatic carboxylic acids is 1. The van der Waals surface area contributed by atoms with Crippen molar-refractivity contribution in [1.82, 2.24) is 4.90 Å². The molecule has 19 heavy (non-hydrogen) atoms. The third-order valence-electron chi connectivity index (χ3n) is 3.65. The van der Waals surface area contributed by atoms with Crippen molar-refractivity contribution in [2.45, 2.75) is 51.6 Å². The highest BCUT2D eigenvalue weighted by Crippen LogP contribution is 2.40. The van der Waals surface area contributed by atoms with E-state index in [0.29, 0.717) is 6.54 Å². The highest BCUT2D eigenvalue weighted by molar-refractivity contribution is 5.69. The SMILES string of the molecule is CC(C)(C)N(CC(=O)O)Cc1cccc(C2CC2)c1. The molecule has 1 N–H and O–H groups in total. The zero-order chi connectivity index (χ0) is 14.0. The Morgan fingerprint density at radius 2 is 2.05 bits per heavy atom. The lowest BCUT2D eigenvalue weighted by Crippen LogP contribution is -2.43. The molecular formula is C16H23NO2. The molecule has 1 aliphatic rings. The average Bonchev–Trinajstić information content (AvgIpc) is 3.10. The van der Waals surface area contributed by atoms with Gasteiger partial charge in [-0.05, 0) is 50.7 Å². The third-order valence-corrected chi connectivity index (χ3v) is 3.65. The topological polar surface area (TPSA) is 40.5 Å². The molecule has 3 nitrogen and oxygen atoms in total. The molecule has 0 aliphatic heterocycles. The number of nitrogens with zero attached hydrogens (tertiary/aromatic N) is 1. The fourth-order valence-corrected chi connectivity index (χ4v) is 2.28. The van der Waals surface area contributed by atoms with E-state index in [9.17, 15) is 4.79 Å². The molecule has 3 heteroatoms. The molecule has 1 aromatic carbocycles. The zero-order valence-electron chi connectivity index (χ0n) is 12.0. The minimum Gasteiger partial charge on any atom is -0.480 e. The van der Waals surface area contributed by atoms with Gasteiger partial charge in [0.2, 0.25) is 0 Å². The molecule has 0 amide bonds. The summed E-state index contributed by atoms with van der Waals surface area (Å²) in [4.78, 5) is 13.0. The molecule has 0 saturated heterocycles. The number of rotatable bonds is 5. The molecule has 0 spiro atoms. The van der Waals surface area contributed by atoms with E-state index in [2.05, 4.69) is 45.0 Å². The first-order chi connectivity index (χ1) is 8.86. The molecular weight excluding hydrogens is 238 g/mol. The highest BCUT2D eigenvalue weighted by atomic mass is 16.4. The second-order valence-corrected chi connectivity index (χ2v) is 6.44. The van der Waals surface area contributed by atoms with Crippen molar-refractivity contribution in [3.05, 3.63) is 35.4 Å². The molecule has 2 rings (SSSR count). The number of carbonyl (C=O) groups is 1. The Balaban J connectivity index is 2.11. The lowest BCUT2D eigenvalue weighted by atomic mass is 10.0. The van der Waals surface area contributed by atoms with Crippen molar-refractivity contribution < 1.29 is 9.90 Å². The molecule has 104 valence electrons. The van der Waals surface area contributed by atoms with E-state index in [1.165, 1.54) is 24.0 Å². The monoisotopic (exact) mass is 261 g/mol.